The zero-order chi connectivity index (χ0) is 21.6. The van der Waals surface area contributed by atoms with Gasteiger partial charge in [-0.2, -0.15) is 0 Å². The van der Waals surface area contributed by atoms with Crippen molar-refractivity contribution in [1.29, 1.82) is 0 Å². The Morgan fingerprint density at radius 2 is 1.94 bits per heavy atom. The van der Waals surface area contributed by atoms with Gasteiger partial charge in [-0.25, -0.2) is 0 Å². The van der Waals surface area contributed by atoms with E-state index in [1.165, 1.54) is 16.7 Å². The van der Waals surface area contributed by atoms with Gasteiger partial charge in [0.15, 0.2) is 5.96 Å². The van der Waals surface area contributed by atoms with Gasteiger partial charge in [-0.05, 0) is 41.7 Å². The molecule has 2 aliphatic heterocycles. The summed E-state index contributed by atoms with van der Waals surface area (Å²) in [5, 5.41) is 3.52. The molecule has 1 atom stereocenters. The third-order valence-electron chi connectivity index (χ3n) is 6.27. The van der Waals surface area contributed by atoms with E-state index in [0.29, 0.717) is 18.9 Å². The van der Waals surface area contributed by atoms with Crippen molar-refractivity contribution >= 4 is 35.8 Å². The average Bonchev–Trinajstić information content (AvgIpc) is 3.44. The third-order valence-corrected chi connectivity index (χ3v) is 6.27. The van der Waals surface area contributed by atoms with Gasteiger partial charge in [-0.15, -0.1) is 24.0 Å². The minimum Gasteiger partial charge on any atom is -0.497 e. The Hall–Kier alpha value is -2.29. The maximum Gasteiger partial charge on any atom is 0.222 e. The Morgan fingerprint density at radius 3 is 2.62 bits per heavy atom. The van der Waals surface area contributed by atoms with Crippen molar-refractivity contribution in [1.82, 2.24) is 15.1 Å². The number of hydrogen-bond donors (Lipinski definition) is 1. The molecule has 1 unspecified atom stereocenters. The molecule has 2 aromatic carbocycles. The number of methoxy groups -OCH3 is 1. The summed E-state index contributed by atoms with van der Waals surface area (Å²) in [5.74, 6) is 2.61. The fraction of sp³-hybridized carbons (Fsp3) is 0.440. The number of nitrogens with one attached hydrogen (secondary N) is 1. The van der Waals surface area contributed by atoms with Crippen LogP contribution in [0.4, 0.5) is 0 Å². The summed E-state index contributed by atoms with van der Waals surface area (Å²) >= 11 is 0. The van der Waals surface area contributed by atoms with Crippen molar-refractivity contribution in [2.24, 2.45) is 4.99 Å². The highest BCUT2D eigenvalue weighted by Crippen LogP contribution is 2.28. The molecule has 0 bridgehead atoms. The SMILES string of the molecule is CN=C(NCc1cccc(CN2CCCC2=O)c1)N1CCC(c2ccc(OC)cc2)C1.I. The number of benzene rings is 2. The quantitative estimate of drug-likeness (QED) is 0.337. The van der Waals surface area contributed by atoms with E-state index in [0.717, 1.165) is 50.7 Å². The van der Waals surface area contributed by atoms with E-state index in [1.807, 2.05) is 24.1 Å². The van der Waals surface area contributed by atoms with Crippen molar-refractivity contribution < 1.29 is 9.53 Å². The standard InChI is InChI=1S/C25H32N4O2.HI/c1-26-25(29-14-12-22(18-29)21-8-10-23(31-2)11-9-21)27-16-19-5-3-6-20(15-19)17-28-13-4-7-24(28)30;/h3,5-6,8-11,15,22H,4,7,12-14,16-18H2,1-2H3,(H,26,27);1H. The molecule has 2 saturated heterocycles. The van der Waals surface area contributed by atoms with E-state index in [2.05, 4.69) is 51.6 Å². The minimum atomic E-state index is 0. The van der Waals surface area contributed by atoms with Gasteiger partial charge < -0.3 is 19.9 Å². The van der Waals surface area contributed by atoms with Crippen molar-refractivity contribution in [3.63, 3.8) is 0 Å². The van der Waals surface area contributed by atoms with Gasteiger partial charge in [0, 0.05) is 52.1 Å². The first kappa shape index (κ1) is 24.4. The summed E-state index contributed by atoms with van der Waals surface area (Å²) in [4.78, 5) is 20.7. The largest absolute Gasteiger partial charge is 0.497 e. The summed E-state index contributed by atoms with van der Waals surface area (Å²) in [6.45, 7) is 4.25. The number of carbonyl (C=O) groups excluding carboxylic acids is 1. The lowest BCUT2D eigenvalue weighted by Crippen LogP contribution is -2.39. The van der Waals surface area contributed by atoms with Crippen LogP contribution < -0.4 is 10.1 Å². The van der Waals surface area contributed by atoms with Crippen LogP contribution in [0.2, 0.25) is 0 Å². The molecule has 0 aliphatic carbocycles. The average molecular weight is 548 g/mol. The second-order valence-corrected chi connectivity index (χ2v) is 8.34. The van der Waals surface area contributed by atoms with E-state index in [1.54, 1.807) is 7.11 Å². The second-order valence-electron chi connectivity index (χ2n) is 8.34. The molecular formula is C25H33IN4O2. The van der Waals surface area contributed by atoms with E-state index in [9.17, 15) is 4.79 Å². The lowest BCUT2D eigenvalue weighted by Gasteiger charge is -2.22. The number of carbonyl (C=O) groups is 1. The summed E-state index contributed by atoms with van der Waals surface area (Å²) in [5.41, 5.74) is 3.74. The topological polar surface area (TPSA) is 57.2 Å². The van der Waals surface area contributed by atoms with Gasteiger partial charge in [-0.3, -0.25) is 9.79 Å². The first-order chi connectivity index (χ1) is 15.2. The summed E-state index contributed by atoms with van der Waals surface area (Å²) < 4.78 is 5.27. The molecule has 0 radical (unpaired) electrons. The van der Waals surface area contributed by atoms with Crippen LogP contribution >= 0.6 is 24.0 Å². The molecule has 172 valence electrons. The predicted molar refractivity (Wildman–Crippen MR) is 139 cm³/mol. The van der Waals surface area contributed by atoms with Crippen LogP contribution in [0.25, 0.3) is 0 Å². The number of hydrogen-bond acceptors (Lipinski definition) is 3. The number of aliphatic imine (C=N–C) groups is 1. The molecule has 1 amide bonds. The van der Waals surface area contributed by atoms with Gasteiger partial charge in [0.05, 0.1) is 7.11 Å². The Kier molecular flexibility index (Phi) is 8.78. The van der Waals surface area contributed by atoms with Crippen LogP contribution in [0, 0.1) is 0 Å². The zero-order valence-corrected chi connectivity index (χ0v) is 21.2. The number of guanidine groups is 1. The molecule has 6 nitrogen and oxygen atoms in total. The maximum atomic E-state index is 11.9. The smallest absolute Gasteiger partial charge is 0.222 e. The number of rotatable bonds is 6. The number of halogens is 1. The fourth-order valence-corrected chi connectivity index (χ4v) is 4.54. The van der Waals surface area contributed by atoms with Crippen LogP contribution in [-0.4, -0.2) is 55.5 Å². The van der Waals surface area contributed by atoms with Gasteiger partial charge in [0.2, 0.25) is 5.91 Å². The predicted octanol–water partition coefficient (Wildman–Crippen LogP) is 4.00. The fourth-order valence-electron chi connectivity index (χ4n) is 4.54. The van der Waals surface area contributed by atoms with Gasteiger partial charge in [-0.1, -0.05) is 36.4 Å². The molecule has 0 spiro atoms. The van der Waals surface area contributed by atoms with Crippen LogP contribution in [0.1, 0.15) is 41.9 Å². The van der Waals surface area contributed by atoms with Crippen LogP contribution in [0.3, 0.4) is 0 Å². The Morgan fingerprint density at radius 1 is 1.16 bits per heavy atom. The molecule has 7 heteroatoms. The summed E-state index contributed by atoms with van der Waals surface area (Å²) in [6.07, 6.45) is 2.78. The summed E-state index contributed by atoms with van der Waals surface area (Å²) in [6, 6.07) is 16.9. The number of nitrogens with zero attached hydrogens (tertiary/aromatic N) is 3. The second kappa shape index (κ2) is 11.5. The highest BCUT2D eigenvalue weighted by Gasteiger charge is 2.26. The van der Waals surface area contributed by atoms with Crippen LogP contribution in [0.5, 0.6) is 5.75 Å². The van der Waals surface area contributed by atoms with Gasteiger partial charge in [0.25, 0.3) is 0 Å². The first-order valence-electron chi connectivity index (χ1n) is 11.1. The monoisotopic (exact) mass is 548 g/mol. The lowest BCUT2D eigenvalue weighted by atomic mass is 9.98. The van der Waals surface area contributed by atoms with Crippen molar-refractivity contribution in [3.8, 4) is 5.75 Å². The minimum absolute atomic E-state index is 0. The molecule has 0 aromatic heterocycles. The van der Waals surface area contributed by atoms with Crippen LogP contribution in [0.15, 0.2) is 53.5 Å². The van der Waals surface area contributed by atoms with E-state index < -0.39 is 0 Å². The van der Waals surface area contributed by atoms with Crippen molar-refractivity contribution in [3.05, 3.63) is 65.2 Å². The Bertz CT molecular complexity index is 932. The molecule has 2 fully saturated rings. The van der Waals surface area contributed by atoms with Crippen LogP contribution in [-0.2, 0) is 17.9 Å². The van der Waals surface area contributed by atoms with Gasteiger partial charge in [0.1, 0.15) is 5.75 Å². The number of likely N-dealkylation sites (tertiary alicyclic amines) is 2. The molecule has 2 aliphatic rings. The molecule has 2 heterocycles. The first-order valence-corrected chi connectivity index (χ1v) is 11.1. The van der Waals surface area contributed by atoms with E-state index in [4.69, 9.17) is 4.74 Å². The third kappa shape index (κ3) is 5.94. The number of amides is 1. The van der Waals surface area contributed by atoms with Gasteiger partial charge >= 0.3 is 0 Å². The molecular weight excluding hydrogens is 515 g/mol. The van der Waals surface area contributed by atoms with Crippen molar-refractivity contribution in [2.45, 2.75) is 38.3 Å². The van der Waals surface area contributed by atoms with Crippen molar-refractivity contribution in [2.75, 3.05) is 33.8 Å². The molecule has 0 saturated carbocycles. The maximum absolute atomic E-state index is 11.9. The Balaban J connectivity index is 0.00000289. The molecule has 1 N–H and O–H groups in total. The number of ether oxygens (including phenoxy) is 1. The molecule has 32 heavy (non-hydrogen) atoms. The highest BCUT2D eigenvalue weighted by molar-refractivity contribution is 14.0. The Labute approximate surface area is 208 Å². The lowest BCUT2D eigenvalue weighted by molar-refractivity contribution is -0.128. The molecule has 2 aromatic rings. The zero-order valence-electron chi connectivity index (χ0n) is 18.9. The highest BCUT2D eigenvalue weighted by atomic mass is 127. The molecule has 4 rings (SSSR count). The summed E-state index contributed by atoms with van der Waals surface area (Å²) in [7, 11) is 3.54. The normalized spacial score (nSPS) is 18.6. The van der Waals surface area contributed by atoms with E-state index >= 15 is 0 Å². The van der Waals surface area contributed by atoms with E-state index in [-0.39, 0.29) is 29.9 Å².